The van der Waals surface area contributed by atoms with Crippen LogP contribution in [0.4, 0.5) is 4.79 Å². The first-order valence-electron chi connectivity index (χ1n) is 22.0. The first-order valence-corrected chi connectivity index (χ1v) is 22.0. The van der Waals surface area contributed by atoms with E-state index in [-0.39, 0.29) is 58.5 Å². The van der Waals surface area contributed by atoms with E-state index in [2.05, 4.69) is 96.3 Å². The van der Waals surface area contributed by atoms with Gasteiger partial charge in [-0.25, -0.2) is 4.79 Å². The molecule has 2 saturated carbocycles. The van der Waals surface area contributed by atoms with Crippen molar-refractivity contribution < 1.29 is 19.2 Å². The van der Waals surface area contributed by atoms with Crippen LogP contribution in [0.15, 0.2) is 24.4 Å². The highest BCUT2D eigenvalue weighted by Crippen LogP contribution is 2.51. The highest BCUT2D eigenvalue weighted by molar-refractivity contribution is 5.95. The molecule has 0 spiro atoms. The zero-order valence-electron chi connectivity index (χ0n) is 38.9. The summed E-state index contributed by atoms with van der Waals surface area (Å²) >= 11 is 0. The molecule has 0 aromatic rings. The lowest BCUT2D eigenvalue weighted by Gasteiger charge is -2.38. The van der Waals surface area contributed by atoms with E-state index >= 15 is 0 Å². The highest BCUT2D eigenvalue weighted by Gasteiger charge is 2.55. The molecular formula is C47H90N4O4. The molecule has 3 rings (SSSR count). The minimum absolute atomic E-state index is 0.0108. The molecule has 0 radical (unpaired) electrons. The predicted molar refractivity (Wildman–Crippen MR) is 236 cm³/mol. The molecule has 2 aliphatic carbocycles. The second-order valence-electron chi connectivity index (χ2n) is 18.5. The number of urea groups is 1. The average molecular weight is 775 g/mol. The Bertz CT molecular complexity index is 1140. The van der Waals surface area contributed by atoms with Crippen molar-refractivity contribution in [2.24, 2.45) is 29.1 Å². The molecule has 3 fully saturated rings. The van der Waals surface area contributed by atoms with Crippen LogP contribution in [-0.2, 0) is 14.4 Å². The second-order valence-corrected chi connectivity index (χ2v) is 18.5. The standard InChI is InChI=1S/C25H43N3O2.C9H16O.C6H13NO.C4H10.C3H8/c1-7-21(25(4,5)6)26-24(30)27-22(18-12-10-8-9-11-13-18)16(2)28-15-19-14-20(19)23(28)17(3)29;1-5-6-8(4)9(10)7(2)3;1-5(8)7-6(2,3)4;1-3-4-2;1-3-2/h18-23H,2,7-15H2,1,3-6H3,(H2,26,27,30);8H,2,5-6H2,1,3-4H3;1-4H3,(H,7,8);3-4H2,1-2H3;3H2,1-2H3/t19-,20-,21?,22?,23?;;;;/m0..../s1. The molecule has 1 aliphatic heterocycles. The molecule has 322 valence electrons. The number of rotatable bonds is 12. The summed E-state index contributed by atoms with van der Waals surface area (Å²) in [5.74, 6) is 2.16. The lowest BCUT2D eigenvalue weighted by Crippen LogP contribution is -2.54. The van der Waals surface area contributed by atoms with Crippen molar-refractivity contribution >= 4 is 23.5 Å². The summed E-state index contributed by atoms with van der Waals surface area (Å²) in [6.45, 7) is 41.1. The van der Waals surface area contributed by atoms with Gasteiger partial charge in [0.1, 0.15) is 0 Å². The number of carbonyl (C=O) groups is 4. The van der Waals surface area contributed by atoms with Crippen LogP contribution in [0.2, 0.25) is 0 Å². The Hall–Kier alpha value is -2.64. The topological polar surface area (TPSA) is 108 Å². The number of amides is 3. The van der Waals surface area contributed by atoms with Crippen LogP contribution in [0, 0.1) is 29.1 Å². The van der Waals surface area contributed by atoms with E-state index in [1.165, 1.54) is 58.3 Å². The van der Waals surface area contributed by atoms with E-state index in [9.17, 15) is 19.2 Å². The third kappa shape index (κ3) is 23.3. The number of ketones is 2. The molecule has 0 aromatic heterocycles. The Morgan fingerprint density at radius 2 is 1.29 bits per heavy atom. The van der Waals surface area contributed by atoms with Gasteiger partial charge >= 0.3 is 6.03 Å². The predicted octanol–water partition coefficient (Wildman–Crippen LogP) is 11.6. The molecule has 8 nitrogen and oxygen atoms in total. The van der Waals surface area contributed by atoms with Crippen molar-refractivity contribution in [1.82, 2.24) is 20.9 Å². The lowest BCUT2D eigenvalue weighted by atomic mass is 9.85. The Morgan fingerprint density at radius 1 is 0.782 bits per heavy atom. The number of fused-ring (bicyclic) bond motifs is 1. The van der Waals surface area contributed by atoms with E-state index in [0.717, 1.165) is 44.3 Å². The molecular weight excluding hydrogens is 685 g/mol. The van der Waals surface area contributed by atoms with Gasteiger partial charge in [-0.2, -0.15) is 0 Å². The summed E-state index contributed by atoms with van der Waals surface area (Å²) in [6, 6.07) is -0.126. The molecule has 3 aliphatic rings. The van der Waals surface area contributed by atoms with E-state index < -0.39 is 0 Å². The first kappa shape index (κ1) is 54.5. The van der Waals surface area contributed by atoms with Gasteiger partial charge in [0.05, 0.1) is 12.1 Å². The highest BCUT2D eigenvalue weighted by atomic mass is 16.2. The van der Waals surface area contributed by atoms with Crippen molar-refractivity contribution in [1.29, 1.82) is 0 Å². The maximum absolute atomic E-state index is 13.1. The largest absolute Gasteiger partial charge is 0.363 e. The van der Waals surface area contributed by atoms with Crippen LogP contribution in [0.25, 0.3) is 0 Å². The zero-order chi connectivity index (χ0) is 43.1. The van der Waals surface area contributed by atoms with Crippen LogP contribution in [0.1, 0.15) is 194 Å². The van der Waals surface area contributed by atoms with Gasteiger partial charge in [0.2, 0.25) is 5.91 Å². The Kier molecular flexibility index (Phi) is 27.6. The molecule has 3 N–H and O–H groups in total. The fourth-order valence-corrected chi connectivity index (χ4v) is 7.36. The van der Waals surface area contributed by atoms with Crippen LogP contribution < -0.4 is 16.0 Å². The van der Waals surface area contributed by atoms with E-state index in [1.54, 1.807) is 13.8 Å². The molecule has 8 heteroatoms. The van der Waals surface area contributed by atoms with Gasteiger partial charge in [-0.05, 0) is 95.5 Å². The third-order valence-electron chi connectivity index (χ3n) is 10.4. The molecule has 0 bridgehead atoms. The summed E-state index contributed by atoms with van der Waals surface area (Å²) in [5, 5.41) is 9.27. The van der Waals surface area contributed by atoms with Crippen LogP contribution in [0.3, 0.4) is 0 Å². The number of nitrogens with zero attached hydrogens (tertiary/aromatic N) is 1. The third-order valence-corrected chi connectivity index (χ3v) is 10.4. The number of hydrogen-bond acceptors (Lipinski definition) is 5. The van der Waals surface area contributed by atoms with E-state index in [1.807, 2.05) is 27.7 Å². The molecule has 1 saturated heterocycles. The normalized spacial score (nSPS) is 20.5. The zero-order valence-corrected chi connectivity index (χ0v) is 38.9. The SMILES string of the molecule is C=C(C(NC(=O)NC(CC)C(C)(C)C)C1CCCCCC1)N1C[C@@H]2C[C@@H]2C1C(C)=O.C=C(C)C(=O)C(C)CCC.CC(=O)NC(C)(C)C.CCC.CCCC. The van der Waals surface area contributed by atoms with Crippen LogP contribution >= 0.6 is 0 Å². The maximum Gasteiger partial charge on any atom is 0.315 e. The number of hydrogen-bond donors (Lipinski definition) is 3. The average Bonchev–Trinajstić information content (AvgIpc) is 3.81. The van der Waals surface area contributed by atoms with Crippen molar-refractivity contribution in [3.8, 4) is 0 Å². The van der Waals surface area contributed by atoms with Gasteiger partial charge in [-0.3, -0.25) is 14.4 Å². The molecule has 55 heavy (non-hydrogen) atoms. The van der Waals surface area contributed by atoms with Crippen LogP contribution in [-0.4, -0.2) is 58.6 Å². The van der Waals surface area contributed by atoms with E-state index in [4.69, 9.17) is 0 Å². The summed E-state index contributed by atoms with van der Waals surface area (Å²) in [7, 11) is 0. The fraction of sp³-hybridized carbons (Fsp3) is 0.830. The molecule has 1 heterocycles. The number of unbranched alkanes of at least 4 members (excludes halogenated alkanes) is 1. The monoisotopic (exact) mass is 775 g/mol. The molecule has 0 aromatic carbocycles. The molecule has 6 atom stereocenters. The van der Waals surface area contributed by atoms with Crippen molar-refractivity contribution in [2.45, 2.75) is 218 Å². The van der Waals surface area contributed by atoms with Gasteiger partial charge in [0.15, 0.2) is 11.6 Å². The maximum atomic E-state index is 13.1. The van der Waals surface area contributed by atoms with Gasteiger partial charge in [0, 0.05) is 36.7 Å². The number of nitrogens with one attached hydrogen (secondary N) is 3. The van der Waals surface area contributed by atoms with Gasteiger partial charge < -0.3 is 20.9 Å². The number of likely N-dealkylation sites (tertiary alicyclic amines) is 1. The minimum atomic E-state index is -0.101. The molecule has 4 unspecified atom stereocenters. The number of carbonyl (C=O) groups excluding carboxylic acids is 4. The Labute approximate surface area is 340 Å². The number of Topliss-reactive ketones (excluding diaryl/α,β-unsaturated/α-hetero) is 2. The minimum Gasteiger partial charge on any atom is -0.363 e. The summed E-state index contributed by atoms with van der Waals surface area (Å²) in [6.07, 6.45) is 15.2. The molecule has 3 amide bonds. The Balaban J connectivity index is 0. The summed E-state index contributed by atoms with van der Waals surface area (Å²) < 4.78 is 0. The van der Waals surface area contributed by atoms with Crippen LogP contribution in [0.5, 0.6) is 0 Å². The fourth-order valence-electron chi connectivity index (χ4n) is 7.36. The van der Waals surface area contributed by atoms with Crippen molar-refractivity contribution in [3.05, 3.63) is 24.4 Å². The second kappa shape index (κ2) is 27.9. The smallest absolute Gasteiger partial charge is 0.315 e. The van der Waals surface area contributed by atoms with Crippen molar-refractivity contribution in [2.75, 3.05) is 6.54 Å². The van der Waals surface area contributed by atoms with Gasteiger partial charge in [0.25, 0.3) is 0 Å². The van der Waals surface area contributed by atoms with Gasteiger partial charge in [-0.15, -0.1) is 0 Å². The van der Waals surface area contributed by atoms with E-state index in [0.29, 0.717) is 23.3 Å². The number of allylic oxidation sites excluding steroid dienone is 1. The van der Waals surface area contributed by atoms with Gasteiger partial charge in [-0.1, -0.05) is 134 Å². The van der Waals surface area contributed by atoms with Crippen molar-refractivity contribution in [3.63, 3.8) is 0 Å². The summed E-state index contributed by atoms with van der Waals surface area (Å²) in [4.78, 5) is 49.2. The Morgan fingerprint density at radius 3 is 1.64 bits per heavy atom. The quantitative estimate of drug-likeness (QED) is 0.135. The first-order chi connectivity index (χ1) is 25.5. The number of piperidine rings is 1. The summed E-state index contributed by atoms with van der Waals surface area (Å²) in [5.41, 5.74) is 1.57. The lowest BCUT2D eigenvalue weighted by molar-refractivity contribution is -0.122.